The van der Waals surface area contributed by atoms with Crippen LogP contribution in [0.4, 0.5) is 4.39 Å². The molecule has 0 amide bonds. The summed E-state index contributed by atoms with van der Waals surface area (Å²) in [6.07, 6.45) is 2.48. The minimum Gasteiger partial charge on any atom is -0.329 e. The Hall–Kier alpha value is -0.980. The zero-order chi connectivity index (χ0) is 14.3. The van der Waals surface area contributed by atoms with E-state index in [0.29, 0.717) is 11.1 Å². The molecule has 0 atom stereocenters. The Morgan fingerprint density at radius 1 is 1.32 bits per heavy atom. The highest BCUT2D eigenvalue weighted by atomic mass is 32.2. The Kier molecular flexibility index (Phi) is 3.68. The van der Waals surface area contributed by atoms with Crippen LogP contribution in [0.15, 0.2) is 17.0 Å². The van der Waals surface area contributed by atoms with Gasteiger partial charge >= 0.3 is 0 Å². The van der Waals surface area contributed by atoms with Gasteiger partial charge in [-0.3, -0.25) is 0 Å². The molecule has 1 aliphatic carbocycles. The van der Waals surface area contributed by atoms with Crippen LogP contribution >= 0.6 is 0 Å². The van der Waals surface area contributed by atoms with Crippen LogP contribution in [0.25, 0.3) is 0 Å². The molecule has 4 nitrogen and oxygen atoms in total. The molecule has 0 heterocycles. The van der Waals surface area contributed by atoms with Crippen molar-refractivity contribution in [3.8, 4) is 0 Å². The molecule has 1 aromatic rings. The van der Waals surface area contributed by atoms with Gasteiger partial charge in [-0.1, -0.05) is 0 Å². The van der Waals surface area contributed by atoms with Crippen molar-refractivity contribution in [1.29, 1.82) is 0 Å². The van der Waals surface area contributed by atoms with E-state index in [0.717, 1.165) is 19.3 Å². The average molecular weight is 286 g/mol. The molecule has 0 aliphatic heterocycles. The molecular weight excluding hydrogens is 267 g/mol. The molecule has 0 unspecified atom stereocenters. The normalized spacial score (nSPS) is 18.1. The van der Waals surface area contributed by atoms with E-state index >= 15 is 0 Å². The Morgan fingerprint density at radius 2 is 1.84 bits per heavy atom. The third-order valence-corrected chi connectivity index (χ3v) is 5.63. The highest BCUT2D eigenvalue weighted by Crippen LogP contribution is 2.33. The predicted octanol–water partition coefficient (Wildman–Crippen LogP) is 1.60. The lowest BCUT2D eigenvalue weighted by atomic mass is 9.78. The Bertz CT molecular complexity index is 566. The van der Waals surface area contributed by atoms with Gasteiger partial charge in [-0.2, -0.15) is 0 Å². The molecule has 0 bridgehead atoms. The van der Waals surface area contributed by atoms with Crippen molar-refractivity contribution in [2.24, 2.45) is 5.73 Å². The quantitative estimate of drug-likeness (QED) is 0.883. The van der Waals surface area contributed by atoms with Crippen LogP contribution in [0.5, 0.6) is 0 Å². The fourth-order valence-corrected chi connectivity index (χ4v) is 4.53. The lowest BCUT2D eigenvalue weighted by molar-refractivity contribution is 0.230. The van der Waals surface area contributed by atoms with Gasteiger partial charge in [0.2, 0.25) is 10.0 Å². The van der Waals surface area contributed by atoms with Crippen molar-refractivity contribution in [3.63, 3.8) is 0 Å². The van der Waals surface area contributed by atoms with Crippen LogP contribution in [0.2, 0.25) is 0 Å². The summed E-state index contributed by atoms with van der Waals surface area (Å²) in [5.41, 5.74) is 5.97. The smallest absolute Gasteiger partial charge is 0.241 e. The first-order chi connectivity index (χ1) is 8.80. The van der Waals surface area contributed by atoms with E-state index in [2.05, 4.69) is 4.72 Å². The van der Waals surface area contributed by atoms with E-state index in [-0.39, 0.29) is 11.4 Å². The number of hydrogen-bond acceptors (Lipinski definition) is 3. The summed E-state index contributed by atoms with van der Waals surface area (Å²) in [5.74, 6) is -0.425. The van der Waals surface area contributed by atoms with Gasteiger partial charge < -0.3 is 5.73 Å². The summed E-state index contributed by atoms with van der Waals surface area (Å²) < 4.78 is 40.9. The minimum atomic E-state index is -3.67. The zero-order valence-corrected chi connectivity index (χ0v) is 12.0. The third kappa shape index (κ3) is 2.66. The summed E-state index contributed by atoms with van der Waals surface area (Å²) in [6, 6.07) is 2.47. The highest BCUT2D eigenvalue weighted by molar-refractivity contribution is 7.89. The minimum absolute atomic E-state index is 0.161. The van der Waals surface area contributed by atoms with Gasteiger partial charge in [-0.25, -0.2) is 17.5 Å². The number of benzene rings is 1. The van der Waals surface area contributed by atoms with Gasteiger partial charge in [0.15, 0.2) is 0 Å². The van der Waals surface area contributed by atoms with Crippen molar-refractivity contribution >= 4 is 10.0 Å². The van der Waals surface area contributed by atoms with Crippen LogP contribution < -0.4 is 10.5 Å². The van der Waals surface area contributed by atoms with Crippen molar-refractivity contribution in [2.45, 2.75) is 43.5 Å². The SMILES string of the molecule is Cc1cc(F)cc(C)c1S(=O)(=O)NC1(CN)CCC1. The number of rotatable bonds is 4. The molecule has 2 rings (SSSR count). The second kappa shape index (κ2) is 4.85. The van der Waals surface area contributed by atoms with Gasteiger partial charge in [0.05, 0.1) is 4.90 Å². The molecule has 1 aromatic carbocycles. The maximum Gasteiger partial charge on any atom is 0.241 e. The Balaban J connectivity index is 2.40. The maximum absolute atomic E-state index is 13.2. The summed E-state index contributed by atoms with van der Waals surface area (Å²) in [5, 5.41) is 0. The number of sulfonamides is 1. The van der Waals surface area contributed by atoms with Crippen molar-refractivity contribution in [3.05, 3.63) is 29.1 Å². The predicted molar refractivity (Wildman–Crippen MR) is 71.8 cm³/mol. The molecular formula is C13H19FN2O2S. The van der Waals surface area contributed by atoms with E-state index in [4.69, 9.17) is 5.73 Å². The fourth-order valence-electron chi connectivity index (χ4n) is 2.61. The number of halogens is 1. The molecule has 0 aromatic heterocycles. The molecule has 0 spiro atoms. The van der Waals surface area contributed by atoms with Crippen LogP contribution in [-0.4, -0.2) is 20.5 Å². The topological polar surface area (TPSA) is 72.2 Å². The monoisotopic (exact) mass is 286 g/mol. The Morgan fingerprint density at radius 3 is 2.21 bits per heavy atom. The molecule has 106 valence electrons. The zero-order valence-electron chi connectivity index (χ0n) is 11.2. The molecule has 3 N–H and O–H groups in total. The standard InChI is InChI=1S/C13H19FN2O2S/c1-9-6-11(14)7-10(2)12(9)19(17,18)16-13(8-15)4-3-5-13/h6-7,16H,3-5,8,15H2,1-2H3. The summed E-state index contributed by atoms with van der Waals surface area (Å²) >= 11 is 0. The van der Waals surface area contributed by atoms with Crippen molar-refractivity contribution < 1.29 is 12.8 Å². The van der Waals surface area contributed by atoms with Gasteiger partial charge in [-0.05, 0) is 56.4 Å². The Labute approximate surface area is 113 Å². The molecule has 0 radical (unpaired) electrons. The third-order valence-electron chi connectivity index (χ3n) is 3.75. The molecule has 1 aliphatic rings. The number of hydrogen-bond donors (Lipinski definition) is 2. The van der Waals surface area contributed by atoms with Gasteiger partial charge in [0.25, 0.3) is 0 Å². The largest absolute Gasteiger partial charge is 0.329 e. The number of nitrogens with two attached hydrogens (primary N) is 1. The van der Waals surface area contributed by atoms with Crippen LogP contribution in [-0.2, 0) is 10.0 Å². The first-order valence-corrected chi connectivity index (χ1v) is 7.79. The number of aryl methyl sites for hydroxylation is 2. The van der Waals surface area contributed by atoms with E-state index in [1.54, 1.807) is 13.8 Å². The van der Waals surface area contributed by atoms with Gasteiger partial charge in [-0.15, -0.1) is 0 Å². The van der Waals surface area contributed by atoms with E-state index < -0.39 is 21.4 Å². The van der Waals surface area contributed by atoms with Crippen molar-refractivity contribution in [1.82, 2.24) is 4.72 Å². The van der Waals surface area contributed by atoms with E-state index in [1.807, 2.05) is 0 Å². The first-order valence-electron chi connectivity index (χ1n) is 6.30. The molecule has 19 heavy (non-hydrogen) atoms. The maximum atomic E-state index is 13.2. The highest BCUT2D eigenvalue weighted by Gasteiger charge is 2.40. The van der Waals surface area contributed by atoms with E-state index in [9.17, 15) is 12.8 Å². The van der Waals surface area contributed by atoms with Crippen LogP contribution in [0.3, 0.4) is 0 Å². The first kappa shape index (κ1) is 14.4. The summed E-state index contributed by atoms with van der Waals surface area (Å²) in [4.78, 5) is 0.161. The lowest BCUT2D eigenvalue weighted by Crippen LogP contribution is -2.58. The lowest BCUT2D eigenvalue weighted by Gasteiger charge is -2.41. The molecule has 6 heteroatoms. The fraction of sp³-hybridized carbons (Fsp3) is 0.538. The van der Waals surface area contributed by atoms with Gasteiger partial charge in [0, 0.05) is 12.1 Å². The number of nitrogens with one attached hydrogen (secondary N) is 1. The molecule has 0 saturated heterocycles. The molecule has 1 saturated carbocycles. The average Bonchev–Trinajstić information content (AvgIpc) is 2.21. The van der Waals surface area contributed by atoms with E-state index in [1.165, 1.54) is 12.1 Å². The van der Waals surface area contributed by atoms with Crippen molar-refractivity contribution in [2.75, 3.05) is 6.54 Å². The van der Waals surface area contributed by atoms with Gasteiger partial charge in [0.1, 0.15) is 5.82 Å². The van der Waals surface area contributed by atoms with Crippen LogP contribution in [0, 0.1) is 19.7 Å². The summed E-state index contributed by atoms with van der Waals surface area (Å²) in [6.45, 7) is 3.48. The summed E-state index contributed by atoms with van der Waals surface area (Å²) in [7, 11) is -3.67. The van der Waals surface area contributed by atoms with Crippen LogP contribution in [0.1, 0.15) is 30.4 Å². The second-order valence-electron chi connectivity index (χ2n) is 5.31. The molecule has 1 fully saturated rings. The second-order valence-corrected chi connectivity index (χ2v) is 6.93.